The van der Waals surface area contributed by atoms with Crippen LogP contribution in [0.1, 0.15) is 59.3 Å². The molecule has 0 aromatic heterocycles. The van der Waals surface area contributed by atoms with E-state index >= 15 is 0 Å². The molecule has 18 heavy (non-hydrogen) atoms. The maximum atomic E-state index is 5.97. The van der Waals surface area contributed by atoms with Crippen molar-refractivity contribution in [1.82, 2.24) is 5.32 Å². The van der Waals surface area contributed by atoms with Gasteiger partial charge in [-0.1, -0.05) is 6.92 Å². The Morgan fingerprint density at radius 3 is 2.39 bits per heavy atom. The Balaban J connectivity index is 2.09. The molecule has 0 atom stereocenters. The smallest absolute Gasteiger partial charge is 0.0644 e. The second-order valence-electron chi connectivity index (χ2n) is 6.01. The lowest BCUT2D eigenvalue weighted by Gasteiger charge is -2.30. The highest BCUT2D eigenvalue weighted by Crippen LogP contribution is 2.22. The first-order valence-electron chi connectivity index (χ1n) is 7.47. The molecule has 0 aromatic rings. The normalized spacial score (nSPS) is 25.3. The van der Waals surface area contributed by atoms with E-state index in [2.05, 4.69) is 26.1 Å². The van der Waals surface area contributed by atoms with Crippen LogP contribution in [0.2, 0.25) is 0 Å². The Bertz CT molecular complexity index is 211. The molecule has 0 bridgehead atoms. The molecule has 0 aromatic carbocycles. The Morgan fingerprint density at radius 2 is 1.83 bits per heavy atom. The molecule has 0 radical (unpaired) electrons. The molecule has 1 saturated carbocycles. The molecule has 1 fully saturated rings. The van der Waals surface area contributed by atoms with Crippen LogP contribution in [-0.2, 0) is 9.47 Å². The third-order valence-corrected chi connectivity index (χ3v) is 3.97. The molecular formula is C15H31NO2. The van der Waals surface area contributed by atoms with E-state index in [4.69, 9.17) is 9.47 Å². The van der Waals surface area contributed by atoms with Gasteiger partial charge in [0.2, 0.25) is 0 Å². The molecule has 0 unspecified atom stereocenters. The summed E-state index contributed by atoms with van der Waals surface area (Å²) in [6.45, 7) is 8.42. The predicted molar refractivity (Wildman–Crippen MR) is 76.0 cm³/mol. The van der Waals surface area contributed by atoms with Crippen LogP contribution in [-0.4, -0.2) is 38.0 Å². The number of hydrogen-bond acceptors (Lipinski definition) is 3. The van der Waals surface area contributed by atoms with Crippen molar-refractivity contribution < 1.29 is 9.47 Å². The van der Waals surface area contributed by atoms with Crippen LogP contribution >= 0.6 is 0 Å². The van der Waals surface area contributed by atoms with Crippen LogP contribution in [0.4, 0.5) is 0 Å². The van der Waals surface area contributed by atoms with E-state index in [1.54, 1.807) is 7.11 Å². The van der Waals surface area contributed by atoms with Crippen LogP contribution in [0.15, 0.2) is 0 Å². The van der Waals surface area contributed by atoms with Crippen LogP contribution in [0, 0.1) is 0 Å². The third-order valence-electron chi connectivity index (χ3n) is 3.97. The van der Waals surface area contributed by atoms with Gasteiger partial charge in [0, 0.05) is 19.8 Å². The molecule has 1 aliphatic carbocycles. The summed E-state index contributed by atoms with van der Waals surface area (Å²) in [7, 11) is 1.77. The SMILES string of the molecule is CCCNC1CCC(OCCC(C)(C)OC)CC1. The van der Waals surface area contributed by atoms with Crippen molar-refractivity contribution in [3.63, 3.8) is 0 Å². The summed E-state index contributed by atoms with van der Waals surface area (Å²) in [4.78, 5) is 0. The fourth-order valence-corrected chi connectivity index (χ4v) is 2.36. The van der Waals surface area contributed by atoms with Gasteiger partial charge in [-0.25, -0.2) is 0 Å². The fraction of sp³-hybridized carbons (Fsp3) is 1.00. The van der Waals surface area contributed by atoms with E-state index < -0.39 is 0 Å². The summed E-state index contributed by atoms with van der Waals surface area (Å²) in [5.74, 6) is 0. The van der Waals surface area contributed by atoms with Gasteiger partial charge in [0.1, 0.15) is 0 Å². The van der Waals surface area contributed by atoms with Crippen LogP contribution in [0.3, 0.4) is 0 Å². The maximum absolute atomic E-state index is 5.97. The standard InChI is InChI=1S/C15H31NO2/c1-5-11-16-13-6-8-14(9-7-13)18-12-10-15(2,3)17-4/h13-14,16H,5-12H2,1-4H3. The van der Waals surface area contributed by atoms with E-state index in [-0.39, 0.29) is 5.60 Å². The number of rotatable bonds is 8. The molecule has 0 spiro atoms. The van der Waals surface area contributed by atoms with Gasteiger partial charge < -0.3 is 14.8 Å². The summed E-state index contributed by atoms with van der Waals surface area (Å²) in [5.41, 5.74) is -0.0557. The van der Waals surface area contributed by atoms with Crippen molar-refractivity contribution >= 4 is 0 Å². The number of ether oxygens (including phenoxy) is 2. The Hall–Kier alpha value is -0.120. The minimum absolute atomic E-state index is 0.0557. The first-order valence-corrected chi connectivity index (χ1v) is 7.47. The zero-order valence-corrected chi connectivity index (χ0v) is 12.6. The number of hydrogen-bond donors (Lipinski definition) is 1. The largest absolute Gasteiger partial charge is 0.379 e. The van der Waals surface area contributed by atoms with Crippen LogP contribution in [0.5, 0.6) is 0 Å². The molecule has 0 aliphatic heterocycles. The second kappa shape index (κ2) is 8.13. The first kappa shape index (κ1) is 15.9. The topological polar surface area (TPSA) is 30.5 Å². The fourth-order valence-electron chi connectivity index (χ4n) is 2.36. The Morgan fingerprint density at radius 1 is 1.17 bits per heavy atom. The molecular weight excluding hydrogens is 226 g/mol. The summed E-state index contributed by atoms with van der Waals surface area (Å²) >= 11 is 0. The number of nitrogens with one attached hydrogen (secondary N) is 1. The van der Waals surface area contributed by atoms with Gasteiger partial charge in [0.25, 0.3) is 0 Å². The highest BCUT2D eigenvalue weighted by atomic mass is 16.5. The third kappa shape index (κ3) is 6.17. The summed E-state index contributed by atoms with van der Waals surface area (Å²) < 4.78 is 11.4. The molecule has 108 valence electrons. The predicted octanol–water partition coefficient (Wildman–Crippen LogP) is 3.13. The Labute approximate surface area is 113 Å². The van der Waals surface area contributed by atoms with Crippen molar-refractivity contribution in [2.24, 2.45) is 0 Å². The van der Waals surface area contributed by atoms with Gasteiger partial charge in [-0.05, 0) is 58.9 Å². The molecule has 1 N–H and O–H groups in total. The lowest BCUT2D eigenvalue weighted by Crippen LogP contribution is -2.36. The first-order chi connectivity index (χ1) is 8.57. The van der Waals surface area contributed by atoms with E-state index in [1.807, 2.05) is 0 Å². The average Bonchev–Trinajstić information content (AvgIpc) is 2.38. The Kier molecular flexibility index (Phi) is 7.20. The second-order valence-corrected chi connectivity index (χ2v) is 6.01. The van der Waals surface area contributed by atoms with Crippen molar-refractivity contribution in [2.45, 2.75) is 77.0 Å². The van der Waals surface area contributed by atoms with E-state index in [0.29, 0.717) is 6.10 Å². The minimum atomic E-state index is -0.0557. The molecule has 3 nitrogen and oxygen atoms in total. The van der Waals surface area contributed by atoms with Gasteiger partial charge in [-0.2, -0.15) is 0 Å². The molecule has 0 saturated heterocycles. The highest BCUT2D eigenvalue weighted by molar-refractivity contribution is 4.77. The van der Waals surface area contributed by atoms with Crippen LogP contribution in [0.25, 0.3) is 0 Å². The molecule has 0 heterocycles. The molecule has 1 rings (SSSR count). The lowest BCUT2D eigenvalue weighted by molar-refractivity contribution is -0.0358. The lowest BCUT2D eigenvalue weighted by atomic mass is 9.93. The van der Waals surface area contributed by atoms with Crippen molar-refractivity contribution in [1.29, 1.82) is 0 Å². The number of methoxy groups -OCH3 is 1. The van der Waals surface area contributed by atoms with Gasteiger partial charge >= 0.3 is 0 Å². The van der Waals surface area contributed by atoms with Crippen molar-refractivity contribution in [3.05, 3.63) is 0 Å². The molecule has 1 aliphatic rings. The molecule has 3 heteroatoms. The molecule has 0 amide bonds. The van der Waals surface area contributed by atoms with Crippen molar-refractivity contribution in [3.8, 4) is 0 Å². The summed E-state index contributed by atoms with van der Waals surface area (Å²) in [6.07, 6.45) is 7.60. The van der Waals surface area contributed by atoms with Gasteiger partial charge in [-0.3, -0.25) is 0 Å². The van der Waals surface area contributed by atoms with Gasteiger partial charge in [0.15, 0.2) is 0 Å². The minimum Gasteiger partial charge on any atom is -0.379 e. The maximum Gasteiger partial charge on any atom is 0.0644 e. The van der Waals surface area contributed by atoms with Gasteiger partial charge in [-0.15, -0.1) is 0 Å². The van der Waals surface area contributed by atoms with Crippen molar-refractivity contribution in [2.75, 3.05) is 20.3 Å². The zero-order valence-electron chi connectivity index (χ0n) is 12.6. The summed E-state index contributed by atoms with van der Waals surface area (Å²) in [6, 6.07) is 0.722. The van der Waals surface area contributed by atoms with Gasteiger partial charge in [0.05, 0.1) is 11.7 Å². The van der Waals surface area contributed by atoms with Crippen LogP contribution < -0.4 is 5.32 Å². The van der Waals surface area contributed by atoms with E-state index in [9.17, 15) is 0 Å². The highest BCUT2D eigenvalue weighted by Gasteiger charge is 2.22. The van der Waals surface area contributed by atoms with E-state index in [1.165, 1.54) is 32.1 Å². The van der Waals surface area contributed by atoms with E-state index in [0.717, 1.165) is 25.6 Å². The quantitative estimate of drug-likeness (QED) is 0.724. The monoisotopic (exact) mass is 257 g/mol. The summed E-state index contributed by atoms with van der Waals surface area (Å²) in [5, 5.41) is 3.61. The average molecular weight is 257 g/mol. The zero-order chi connectivity index (χ0) is 13.4.